The summed E-state index contributed by atoms with van der Waals surface area (Å²) in [5.74, 6) is 0. The Morgan fingerprint density at radius 2 is 1.58 bits per heavy atom. The van der Waals surface area contributed by atoms with Crippen LogP contribution in [0.15, 0.2) is 66.7 Å². The highest BCUT2D eigenvalue weighted by Gasteiger charge is 1.96. The summed E-state index contributed by atoms with van der Waals surface area (Å²) < 4.78 is 0. The molecule has 0 aliphatic rings. The molecule has 1 heteroatoms. The van der Waals surface area contributed by atoms with Gasteiger partial charge in [-0.1, -0.05) is 72.8 Å². The number of rotatable bonds is 6. The lowest BCUT2D eigenvalue weighted by molar-refractivity contribution is 0.634. The van der Waals surface area contributed by atoms with Crippen LogP contribution in [0, 0.1) is 0 Å². The molecule has 1 nitrogen and oxygen atoms in total. The van der Waals surface area contributed by atoms with Crippen LogP contribution in [0.5, 0.6) is 0 Å². The van der Waals surface area contributed by atoms with Crippen molar-refractivity contribution in [2.45, 2.75) is 19.4 Å². The van der Waals surface area contributed by atoms with E-state index in [-0.39, 0.29) is 0 Å². The summed E-state index contributed by atoms with van der Waals surface area (Å²) >= 11 is 0. The van der Waals surface area contributed by atoms with Crippen molar-refractivity contribution in [1.82, 2.24) is 5.32 Å². The molecule has 0 saturated carbocycles. The van der Waals surface area contributed by atoms with Gasteiger partial charge in [0.2, 0.25) is 0 Å². The molecule has 0 aromatic heterocycles. The fraction of sp³-hybridized carbons (Fsp3) is 0.222. The van der Waals surface area contributed by atoms with Gasteiger partial charge in [0.15, 0.2) is 0 Å². The van der Waals surface area contributed by atoms with E-state index >= 15 is 0 Å². The highest BCUT2D eigenvalue weighted by Crippen LogP contribution is 2.02. The molecule has 0 aliphatic heterocycles. The summed E-state index contributed by atoms with van der Waals surface area (Å²) in [6.45, 7) is 3.19. The third-order valence-electron chi connectivity index (χ3n) is 3.10. The molecule has 0 heterocycles. The summed E-state index contributed by atoms with van der Waals surface area (Å²) in [5.41, 5.74) is 2.63. The Kier molecular flexibility index (Phi) is 5.39. The topological polar surface area (TPSA) is 12.0 Å². The second kappa shape index (κ2) is 7.55. The molecule has 0 amide bonds. The van der Waals surface area contributed by atoms with Crippen LogP contribution in [0.2, 0.25) is 0 Å². The number of hydrogen-bond donors (Lipinski definition) is 1. The lowest BCUT2D eigenvalue weighted by Gasteiger charge is -2.09. The molecule has 0 bridgehead atoms. The normalized spacial score (nSPS) is 12.7. The van der Waals surface area contributed by atoms with Gasteiger partial charge in [0.05, 0.1) is 0 Å². The van der Waals surface area contributed by atoms with Gasteiger partial charge in [0, 0.05) is 6.04 Å². The lowest BCUT2D eigenvalue weighted by Crippen LogP contribution is -2.26. The van der Waals surface area contributed by atoms with E-state index in [1.165, 1.54) is 11.1 Å². The first-order valence-corrected chi connectivity index (χ1v) is 6.85. The second-order valence-corrected chi connectivity index (χ2v) is 4.75. The Balaban J connectivity index is 1.73. The van der Waals surface area contributed by atoms with Crippen LogP contribution in [0.1, 0.15) is 18.1 Å². The molecule has 0 radical (unpaired) electrons. The maximum Gasteiger partial charge on any atom is 0.0225 e. The Bertz CT molecular complexity index is 488. The summed E-state index contributed by atoms with van der Waals surface area (Å²) in [6.07, 6.45) is 5.45. The Morgan fingerprint density at radius 3 is 2.26 bits per heavy atom. The van der Waals surface area contributed by atoms with Crippen LogP contribution in [0.25, 0.3) is 6.08 Å². The molecule has 19 heavy (non-hydrogen) atoms. The van der Waals surface area contributed by atoms with E-state index in [2.05, 4.69) is 79.0 Å². The summed E-state index contributed by atoms with van der Waals surface area (Å²) in [5, 5.41) is 3.51. The fourth-order valence-electron chi connectivity index (χ4n) is 1.98. The molecule has 0 fully saturated rings. The average Bonchev–Trinajstić information content (AvgIpc) is 2.47. The van der Waals surface area contributed by atoms with Crippen LogP contribution in [-0.2, 0) is 6.42 Å². The third kappa shape index (κ3) is 5.11. The van der Waals surface area contributed by atoms with Gasteiger partial charge in [0.1, 0.15) is 0 Å². The van der Waals surface area contributed by atoms with Gasteiger partial charge < -0.3 is 5.32 Å². The highest BCUT2D eigenvalue weighted by atomic mass is 14.9. The maximum absolute atomic E-state index is 3.51. The molecule has 2 aromatic rings. The molecule has 2 aromatic carbocycles. The minimum absolute atomic E-state index is 0.393. The van der Waals surface area contributed by atoms with Gasteiger partial charge in [-0.3, -0.25) is 0 Å². The minimum atomic E-state index is 0.393. The van der Waals surface area contributed by atoms with Gasteiger partial charge in [0.25, 0.3) is 0 Å². The van der Waals surface area contributed by atoms with Gasteiger partial charge in [-0.15, -0.1) is 0 Å². The molecule has 98 valence electrons. The summed E-state index contributed by atoms with van der Waals surface area (Å²) in [6, 6.07) is 21.4. The predicted octanol–water partition coefficient (Wildman–Crippen LogP) is 3.92. The summed E-state index contributed by atoms with van der Waals surface area (Å²) in [7, 11) is 0. The van der Waals surface area contributed by atoms with Crippen LogP contribution in [0.3, 0.4) is 0 Å². The molecule has 0 saturated heterocycles. The second-order valence-electron chi connectivity index (χ2n) is 4.75. The largest absolute Gasteiger partial charge is 0.310 e. The van der Waals surface area contributed by atoms with Crippen LogP contribution in [-0.4, -0.2) is 12.6 Å². The van der Waals surface area contributed by atoms with Crippen molar-refractivity contribution in [3.8, 4) is 0 Å². The zero-order valence-corrected chi connectivity index (χ0v) is 11.4. The smallest absolute Gasteiger partial charge is 0.0225 e. The first-order chi connectivity index (χ1) is 9.34. The van der Waals surface area contributed by atoms with E-state index in [9.17, 15) is 0 Å². The van der Waals surface area contributed by atoms with E-state index in [0.717, 1.165) is 13.0 Å². The molecule has 1 N–H and O–H groups in total. The van der Waals surface area contributed by atoms with Crippen LogP contribution in [0.4, 0.5) is 0 Å². The predicted molar refractivity (Wildman–Crippen MR) is 83.1 cm³/mol. The Morgan fingerprint density at radius 1 is 0.947 bits per heavy atom. The zero-order valence-electron chi connectivity index (χ0n) is 11.4. The van der Waals surface area contributed by atoms with Crippen molar-refractivity contribution in [3.05, 3.63) is 77.9 Å². The minimum Gasteiger partial charge on any atom is -0.310 e. The SMILES string of the molecule is C[C@@H](/C=C/c1ccccc1)NCCc1ccccc1. The van der Waals surface area contributed by atoms with Crippen LogP contribution < -0.4 is 5.32 Å². The Labute approximate surface area is 116 Å². The van der Waals surface area contributed by atoms with Gasteiger partial charge in [-0.05, 0) is 31.0 Å². The maximum atomic E-state index is 3.51. The van der Waals surface area contributed by atoms with Crippen molar-refractivity contribution in [2.24, 2.45) is 0 Å². The van der Waals surface area contributed by atoms with Gasteiger partial charge in [-0.25, -0.2) is 0 Å². The molecule has 0 unspecified atom stereocenters. The van der Waals surface area contributed by atoms with E-state index < -0.39 is 0 Å². The number of nitrogens with one attached hydrogen (secondary N) is 1. The van der Waals surface area contributed by atoms with Crippen molar-refractivity contribution in [2.75, 3.05) is 6.54 Å². The third-order valence-corrected chi connectivity index (χ3v) is 3.10. The Hall–Kier alpha value is -1.86. The molecule has 0 spiro atoms. The molecule has 0 aliphatic carbocycles. The van der Waals surface area contributed by atoms with Crippen LogP contribution >= 0.6 is 0 Å². The van der Waals surface area contributed by atoms with E-state index in [0.29, 0.717) is 6.04 Å². The molecule has 1 atom stereocenters. The molecule has 2 rings (SSSR count). The quantitative estimate of drug-likeness (QED) is 0.820. The number of hydrogen-bond acceptors (Lipinski definition) is 1. The molecular formula is C18H21N. The van der Waals surface area contributed by atoms with Crippen molar-refractivity contribution in [3.63, 3.8) is 0 Å². The van der Waals surface area contributed by atoms with E-state index in [4.69, 9.17) is 0 Å². The first kappa shape index (κ1) is 13.6. The molecular weight excluding hydrogens is 230 g/mol. The zero-order chi connectivity index (χ0) is 13.3. The lowest BCUT2D eigenvalue weighted by atomic mass is 10.1. The first-order valence-electron chi connectivity index (χ1n) is 6.85. The van der Waals surface area contributed by atoms with Crippen molar-refractivity contribution < 1.29 is 0 Å². The van der Waals surface area contributed by atoms with Gasteiger partial charge >= 0.3 is 0 Å². The fourth-order valence-corrected chi connectivity index (χ4v) is 1.98. The summed E-state index contributed by atoms with van der Waals surface area (Å²) in [4.78, 5) is 0. The van der Waals surface area contributed by atoms with E-state index in [1.54, 1.807) is 0 Å². The number of benzene rings is 2. The van der Waals surface area contributed by atoms with Crippen molar-refractivity contribution >= 4 is 6.08 Å². The van der Waals surface area contributed by atoms with E-state index in [1.807, 2.05) is 6.07 Å². The monoisotopic (exact) mass is 251 g/mol. The highest BCUT2D eigenvalue weighted by molar-refractivity contribution is 5.49. The van der Waals surface area contributed by atoms with Crippen molar-refractivity contribution in [1.29, 1.82) is 0 Å². The van der Waals surface area contributed by atoms with Gasteiger partial charge in [-0.2, -0.15) is 0 Å². The standard InChI is InChI=1S/C18H21N/c1-16(12-13-17-8-4-2-5-9-17)19-15-14-18-10-6-3-7-11-18/h2-13,16,19H,14-15H2,1H3/b13-12+/t16-/m0/s1. The average molecular weight is 251 g/mol.